The number of ether oxygens (including phenoxy) is 2. The zero-order chi connectivity index (χ0) is 17.7. The standard InChI is InChI=1S/C16H21NO6S/c1-22-13-10-12(6-7-15(18)19)11-14(16(13)23-2)24(20,21)17-8-4-3-5-9-17/h6-7,10-11H,3-5,8-9H2,1-2H3,(H,18,19)/p-1/b7-6+. The zero-order valence-corrected chi connectivity index (χ0v) is 14.5. The van der Waals surface area contributed by atoms with Crippen molar-refractivity contribution in [1.29, 1.82) is 0 Å². The quantitative estimate of drug-likeness (QED) is 0.696. The van der Waals surface area contributed by atoms with Crippen molar-refractivity contribution >= 4 is 22.1 Å². The van der Waals surface area contributed by atoms with E-state index < -0.39 is 16.0 Å². The molecule has 1 aromatic rings. The Morgan fingerprint density at radius 2 is 1.83 bits per heavy atom. The molecule has 0 atom stereocenters. The Hall–Kier alpha value is -2.06. The second kappa shape index (κ2) is 7.67. The first-order chi connectivity index (χ1) is 11.4. The van der Waals surface area contributed by atoms with Crippen LogP contribution in [-0.2, 0) is 14.8 Å². The third kappa shape index (κ3) is 3.88. The highest BCUT2D eigenvalue weighted by Gasteiger charge is 2.30. The molecular weight excluding hydrogens is 334 g/mol. The van der Waals surface area contributed by atoms with Gasteiger partial charge >= 0.3 is 0 Å². The number of methoxy groups -OCH3 is 2. The van der Waals surface area contributed by atoms with Gasteiger partial charge in [0.2, 0.25) is 10.0 Å². The van der Waals surface area contributed by atoms with Gasteiger partial charge in [0.1, 0.15) is 4.90 Å². The molecule has 1 saturated heterocycles. The lowest BCUT2D eigenvalue weighted by Crippen LogP contribution is -2.35. The summed E-state index contributed by atoms with van der Waals surface area (Å²) in [5.41, 5.74) is 0.368. The Labute approximate surface area is 141 Å². The number of rotatable bonds is 6. The summed E-state index contributed by atoms with van der Waals surface area (Å²) in [5.74, 6) is -1.05. The first kappa shape index (κ1) is 18.3. The third-order valence-corrected chi connectivity index (χ3v) is 5.72. The van der Waals surface area contributed by atoms with Crippen LogP contribution in [-0.4, -0.2) is 46.0 Å². The number of carboxylic acids is 1. The van der Waals surface area contributed by atoms with E-state index in [1.807, 2.05) is 0 Å². The molecule has 1 aliphatic rings. The highest BCUT2D eigenvalue weighted by molar-refractivity contribution is 7.89. The van der Waals surface area contributed by atoms with Gasteiger partial charge in [-0.1, -0.05) is 12.5 Å². The van der Waals surface area contributed by atoms with Crippen molar-refractivity contribution in [2.75, 3.05) is 27.3 Å². The van der Waals surface area contributed by atoms with Crippen LogP contribution in [0.2, 0.25) is 0 Å². The van der Waals surface area contributed by atoms with Gasteiger partial charge in [-0.2, -0.15) is 4.31 Å². The van der Waals surface area contributed by atoms with E-state index in [2.05, 4.69) is 0 Å². The average Bonchev–Trinajstić information content (AvgIpc) is 2.59. The van der Waals surface area contributed by atoms with Crippen LogP contribution in [0.3, 0.4) is 0 Å². The second-order valence-corrected chi connectivity index (χ2v) is 7.28. The zero-order valence-electron chi connectivity index (χ0n) is 13.6. The predicted molar refractivity (Wildman–Crippen MR) is 86.2 cm³/mol. The number of carbonyl (C=O) groups excluding carboxylic acids is 1. The first-order valence-corrected chi connectivity index (χ1v) is 8.99. The average molecular weight is 354 g/mol. The van der Waals surface area contributed by atoms with Gasteiger partial charge in [0.15, 0.2) is 11.5 Å². The van der Waals surface area contributed by atoms with Crippen LogP contribution in [0.25, 0.3) is 6.08 Å². The molecule has 7 nitrogen and oxygen atoms in total. The van der Waals surface area contributed by atoms with Crippen LogP contribution >= 0.6 is 0 Å². The van der Waals surface area contributed by atoms with Gasteiger partial charge in [-0.15, -0.1) is 0 Å². The van der Waals surface area contributed by atoms with Crippen LogP contribution in [0.4, 0.5) is 0 Å². The molecule has 1 heterocycles. The third-order valence-electron chi connectivity index (χ3n) is 3.81. The molecular formula is C16H20NO6S-. The molecule has 0 N–H and O–H groups in total. The minimum atomic E-state index is -3.77. The van der Waals surface area contributed by atoms with Gasteiger partial charge in [-0.25, -0.2) is 8.42 Å². The van der Waals surface area contributed by atoms with Crippen molar-refractivity contribution in [3.05, 3.63) is 23.8 Å². The number of benzene rings is 1. The summed E-state index contributed by atoms with van der Waals surface area (Å²) in [6.45, 7) is 0.903. The molecule has 0 aliphatic carbocycles. The Balaban J connectivity index is 2.56. The molecule has 0 saturated carbocycles. The van der Waals surface area contributed by atoms with Gasteiger partial charge < -0.3 is 19.4 Å². The van der Waals surface area contributed by atoms with E-state index in [1.54, 1.807) is 0 Å². The number of carbonyl (C=O) groups is 1. The predicted octanol–water partition coefficient (Wildman–Crippen LogP) is 0.641. The largest absolute Gasteiger partial charge is 0.545 e. The highest BCUT2D eigenvalue weighted by Crippen LogP contribution is 2.38. The maximum atomic E-state index is 13.0. The fourth-order valence-corrected chi connectivity index (χ4v) is 4.37. The molecule has 132 valence electrons. The highest BCUT2D eigenvalue weighted by atomic mass is 32.2. The van der Waals surface area contributed by atoms with E-state index in [9.17, 15) is 18.3 Å². The van der Waals surface area contributed by atoms with E-state index in [0.29, 0.717) is 18.7 Å². The van der Waals surface area contributed by atoms with Crippen LogP contribution in [0.15, 0.2) is 23.1 Å². The lowest BCUT2D eigenvalue weighted by atomic mass is 10.2. The topological polar surface area (TPSA) is 96.0 Å². The molecule has 0 aromatic heterocycles. The normalized spacial score (nSPS) is 16.2. The van der Waals surface area contributed by atoms with Crippen molar-refractivity contribution in [3.63, 3.8) is 0 Å². The van der Waals surface area contributed by atoms with E-state index in [1.165, 1.54) is 36.7 Å². The van der Waals surface area contributed by atoms with Crippen molar-refractivity contribution in [1.82, 2.24) is 4.31 Å². The van der Waals surface area contributed by atoms with Gasteiger partial charge in [-0.3, -0.25) is 0 Å². The van der Waals surface area contributed by atoms with E-state index >= 15 is 0 Å². The Bertz CT molecular complexity index is 735. The molecule has 0 spiro atoms. The SMILES string of the molecule is COc1cc(/C=C/C(=O)[O-])cc(S(=O)(=O)N2CCCCC2)c1OC. The molecule has 1 fully saturated rings. The number of aliphatic carboxylic acids is 1. The monoisotopic (exact) mass is 354 g/mol. The van der Waals surface area contributed by atoms with Crippen LogP contribution in [0.5, 0.6) is 11.5 Å². The summed E-state index contributed by atoms with van der Waals surface area (Å²) < 4.78 is 37.8. The molecule has 1 aromatic carbocycles. The van der Waals surface area contributed by atoms with Crippen molar-refractivity contribution in [2.45, 2.75) is 24.2 Å². The molecule has 1 aliphatic heterocycles. The summed E-state index contributed by atoms with van der Waals surface area (Å²) in [6.07, 6.45) is 4.71. The number of hydrogen-bond donors (Lipinski definition) is 0. The molecule has 8 heteroatoms. The van der Waals surface area contributed by atoms with E-state index in [0.717, 1.165) is 25.3 Å². The maximum Gasteiger partial charge on any atom is 0.246 e. The number of piperidine rings is 1. The molecule has 24 heavy (non-hydrogen) atoms. The second-order valence-electron chi connectivity index (χ2n) is 5.37. The van der Waals surface area contributed by atoms with Gasteiger partial charge in [0.05, 0.1) is 20.2 Å². The van der Waals surface area contributed by atoms with Crippen molar-refractivity contribution < 1.29 is 27.8 Å². The van der Waals surface area contributed by atoms with E-state index in [4.69, 9.17) is 9.47 Å². The summed E-state index contributed by atoms with van der Waals surface area (Å²) in [7, 11) is -1.01. The fraction of sp³-hybridized carbons (Fsp3) is 0.438. The Kier molecular flexibility index (Phi) is 5.84. The molecule has 0 amide bonds. The number of hydrogen-bond acceptors (Lipinski definition) is 6. The first-order valence-electron chi connectivity index (χ1n) is 7.55. The number of nitrogens with zero attached hydrogens (tertiary/aromatic N) is 1. The fourth-order valence-electron chi connectivity index (χ4n) is 2.65. The van der Waals surface area contributed by atoms with Gasteiger partial charge in [0, 0.05) is 13.1 Å². The molecule has 2 rings (SSSR count). The van der Waals surface area contributed by atoms with Gasteiger partial charge in [0.25, 0.3) is 0 Å². The summed E-state index contributed by atoms with van der Waals surface area (Å²) >= 11 is 0. The maximum absolute atomic E-state index is 13.0. The summed E-state index contributed by atoms with van der Waals surface area (Å²) in [6, 6.07) is 2.89. The van der Waals surface area contributed by atoms with Gasteiger partial charge in [-0.05, 0) is 36.6 Å². The van der Waals surface area contributed by atoms with Crippen molar-refractivity contribution in [2.24, 2.45) is 0 Å². The Morgan fingerprint density at radius 1 is 1.17 bits per heavy atom. The van der Waals surface area contributed by atoms with Crippen LogP contribution < -0.4 is 14.6 Å². The van der Waals surface area contributed by atoms with E-state index in [-0.39, 0.29) is 16.4 Å². The molecule has 0 unspecified atom stereocenters. The van der Waals surface area contributed by atoms with Crippen LogP contribution in [0.1, 0.15) is 24.8 Å². The summed E-state index contributed by atoms with van der Waals surface area (Å²) in [5, 5.41) is 10.6. The number of carboxylic acid groups (broad SMARTS) is 1. The lowest BCUT2D eigenvalue weighted by molar-refractivity contribution is -0.297. The minimum Gasteiger partial charge on any atom is -0.545 e. The van der Waals surface area contributed by atoms with Crippen molar-refractivity contribution in [3.8, 4) is 11.5 Å². The smallest absolute Gasteiger partial charge is 0.246 e. The lowest BCUT2D eigenvalue weighted by Gasteiger charge is -2.27. The minimum absolute atomic E-state index is 0.0377. The molecule has 0 bridgehead atoms. The Morgan fingerprint density at radius 3 is 2.38 bits per heavy atom. The number of sulfonamides is 1. The molecule has 0 radical (unpaired) electrons. The van der Waals surface area contributed by atoms with Crippen LogP contribution in [0, 0.1) is 0 Å². The summed E-state index contributed by atoms with van der Waals surface area (Å²) in [4.78, 5) is 10.6.